The molecule has 0 spiro atoms. The zero-order valence-electron chi connectivity index (χ0n) is 14.9. The van der Waals surface area contributed by atoms with E-state index in [0.29, 0.717) is 34.2 Å². The summed E-state index contributed by atoms with van der Waals surface area (Å²) in [4.78, 5) is 15.8. The van der Waals surface area contributed by atoms with Gasteiger partial charge in [-0.25, -0.2) is 15.0 Å². The van der Waals surface area contributed by atoms with Gasteiger partial charge in [-0.2, -0.15) is 0 Å². The highest BCUT2D eigenvalue weighted by Crippen LogP contribution is 2.28. The van der Waals surface area contributed by atoms with Crippen molar-refractivity contribution in [3.05, 3.63) is 41.4 Å². The first-order chi connectivity index (χ1) is 13.1. The summed E-state index contributed by atoms with van der Waals surface area (Å²) < 4.78 is 13.8. The molecule has 0 radical (unpaired) electrons. The number of hydrogen-bond acceptors (Lipinski definition) is 9. The van der Waals surface area contributed by atoms with Gasteiger partial charge in [-0.15, -0.1) is 10.2 Å². The molecular formula is C16H18ClN7O2S. The Labute approximate surface area is 165 Å². The summed E-state index contributed by atoms with van der Waals surface area (Å²) in [6.45, 7) is 1.99. The second-order valence-electron chi connectivity index (χ2n) is 5.43. The molecule has 0 aromatic carbocycles. The van der Waals surface area contributed by atoms with Crippen molar-refractivity contribution >= 4 is 29.5 Å². The van der Waals surface area contributed by atoms with Gasteiger partial charge in [-0.3, -0.25) is 4.72 Å². The minimum absolute atomic E-state index is 0.0142. The van der Waals surface area contributed by atoms with Gasteiger partial charge in [0.05, 0.1) is 17.4 Å². The van der Waals surface area contributed by atoms with Crippen LogP contribution in [0.5, 0.6) is 5.88 Å². The van der Waals surface area contributed by atoms with Crippen molar-refractivity contribution in [2.24, 2.45) is 0 Å². The SMILES string of the molecule is COc1cccc(-c2nnc(NSC(C)C(OC)c3ncc(Cl)cn3)[nH]2)n1. The molecule has 0 aliphatic heterocycles. The number of aromatic nitrogens is 6. The second kappa shape index (κ2) is 8.98. The zero-order valence-corrected chi connectivity index (χ0v) is 16.5. The molecule has 3 heterocycles. The number of hydrogen-bond donors (Lipinski definition) is 2. The number of anilines is 1. The van der Waals surface area contributed by atoms with Crippen molar-refractivity contribution in [3.8, 4) is 17.4 Å². The molecule has 0 amide bonds. The van der Waals surface area contributed by atoms with E-state index in [4.69, 9.17) is 21.1 Å². The summed E-state index contributed by atoms with van der Waals surface area (Å²) in [5, 5.41) is 8.65. The normalized spacial score (nSPS) is 13.2. The first-order valence-corrected chi connectivity index (χ1v) is 9.22. The van der Waals surface area contributed by atoms with Gasteiger partial charge in [0.2, 0.25) is 11.8 Å². The molecule has 2 atom stereocenters. The van der Waals surface area contributed by atoms with Crippen molar-refractivity contribution in [1.82, 2.24) is 30.1 Å². The van der Waals surface area contributed by atoms with Gasteiger partial charge in [-0.1, -0.05) is 17.7 Å². The lowest BCUT2D eigenvalue weighted by molar-refractivity contribution is 0.0972. The van der Waals surface area contributed by atoms with Crippen LogP contribution in [0.2, 0.25) is 5.02 Å². The Kier molecular flexibility index (Phi) is 6.43. The molecule has 3 aromatic heterocycles. The second-order valence-corrected chi connectivity index (χ2v) is 7.05. The predicted molar refractivity (Wildman–Crippen MR) is 104 cm³/mol. The lowest BCUT2D eigenvalue weighted by Gasteiger charge is -2.20. The highest BCUT2D eigenvalue weighted by Gasteiger charge is 2.23. The van der Waals surface area contributed by atoms with E-state index >= 15 is 0 Å². The minimum Gasteiger partial charge on any atom is -0.481 e. The third-order valence-corrected chi connectivity index (χ3v) is 4.70. The van der Waals surface area contributed by atoms with Crippen LogP contribution in [-0.2, 0) is 4.74 Å². The molecule has 3 rings (SSSR count). The number of aromatic amines is 1. The van der Waals surface area contributed by atoms with Gasteiger partial charge in [0.25, 0.3) is 0 Å². The Hall–Kier alpha value is -2.43. The summed E-state index contributed by atoms with van der Waals surface area (Å²) in [7, 11) is 3.18. The molecule has 142 valence electrons. The third kappa shape index (κ3) is 4.85. The summed E-state index contributed by atoms with van der Waals surface area (Å²) >= 11 is 7.25. The smallest absolute Gasteiger partial charge is 0.232 e. The van der Waals surface area contributed by atoms with Crippen LogP contribution in [-0.4, -0.2) is 49.6 Å². The summed E-state index contributed by atoms with van der Waals surface area (Å²) in [6.07, 6.45) is 2.78. The number of pyridine rings is 1. The fourth-order valence-electron chi connectivity index (χ4n) is 2.27. The third-order valence-electron chi connectivity index (χ3n) is 3.58. The van der Waals surface area contributed by atoms with E-state index in [-0.39, 0.29) is 11.4 Å². The van der Waals surface area contributed by atoms with E-state index in [1.807, 2.05) is 19.1 Å². The van der Waals surface area contributed by atoms with Crippen LogP contribution in [0.25, 0.3) is 11.5 Å². The highest BCUT2D eigenvalue weighted by molar-refractivity contribution is 8.01. The average molecular weight is 408 g/mol. The summed E-state index contributed by atoms with van der Waals surface area (Å²) in [6, 6.07) is 5.42. The number of methoxy groups -OCH3 is 2. The Bertz CT molecular complexity index is 877. The quantitative estimate of drug-likeness (QED) is 0.544. The molecule has 2 N–H and O–H groups in total. The maximum absolute atomic E-state index is 5.84. The number of rotatable bonds is 8. The minimum atomic E-state index is -0.317. The topological polar surface area (TPSA) is 111 Å². The van der Waals surface area contributed by atoms with E-state index in [2.05, 4.69) is 34.9 Å². The number of nitrogens with zero attached hydrogens (tertiary/aromatic N) is 5. The molecule has 3 aromatic rings. The van der Waals surface area contributed by atoms with Gasteiger partial charge in [0.1, 0.15) is 11.8 Å². The molecular weight excluding hydrogens is 390 g/mol. The van der Waals surface area contributed by atoms with E-state index in [0.717, 1.165) is 0 Å². The Morgan fingerprint density at radius 2 is 1.96 bits per heavy atom. The van der Waals surface area contributed by atoms with Crippen LogP contribution in [0.4, 0.5) is 5.95 Å². The van der Waals surface area contributed by atoms with Crippen LogP contribution in [0.3, 0.4) is 0 Å². The van der Waals surface area contributed by atoms with Gasteiger partial charge in [0, 0.05) is 25.6 Å². The van der Waals surface area contributed by atoms with Crippen molar-refractivity contribution < 1.29 is 9.47 Å². The molecule has 0 saturated carbocycles. The number of H-pyrrole nitrogens is 1. The van der Waals surface area contributed by atoms with E-state index in [1.165, 1.54) is 11.9 Å². The Morgan fingerprint density at radius 3 is 2.67 bits per heavy atom. The molecule has 2 unspecified atom stereocenters. The van der Waals surface area contributed by atoms with E-state index in [9.17, 15) is 0 Å². The molecule has 0 bridgehead atoms. The van der Waals surface area contributed by atoms with Gasteiger partial charge in [0.15, 0.2) is 11.6 Å². The summed E-state index contributed by atoms with van der Waals surface area (Å²) in [5.41, 5.74) is 0.636. The first kappa shape index (κ1) is 19.3. The molecule has 11 heteroatoms. The molecule has 27 heavy (non-hydrogen) atoms. The first-order valence-electron chi connectivity index (χ1n) is 7.96. The number of nitrogens with one attached hydrogen (secondary N) is 2. The van der Waals surface area contributed by atoms with Crippen LogP contribution in [0.15, 0.2) is 30.6 Å². The monoisotopic (exact) mass is 407 g/mol. The van der Waals surface area contributed by atoms with Crippen LogP contribution < -0.4 is 9.46 Å². The van der Waals surface area contributed by atoms with Crippen LogP contribution >= 0.6 is 23.5 Å². The molecule has 9 nitrogen and oxygen atoms in total. The fourth-order valence-corrected chi connectivity index (χ4v) is 3.11. The zero-order chi connectivity index (χ0) is 19.2. The van der Waals surface area contributed by atoms with Crippen molar-refractivity contribution in [3.63, 3.8) is 0 Å². The lowest BCUT2D eigenvalue weighted by Crippen LogP contribution is -2.18. The van der Waals surface area contributed by atoms with Crippen LogP contribution in [0.1, 0.15) is 18.9 Å². The standard InChI is InChI=1S/C16H18ClN7O2S/c1-9(13(26-3)15-18-7-10(17)8-19-15)27-24-16-21-14(22-23-16)11-5-4-6-12(20-11)25-2/h4-9,13H,1-3H3,(H2,21,22,23,24). The molecule has 0 fully saturated rings. The van der Waals surface area contributed by atoms with Crippen molar-refractivity contribution in [2.45, 2.75) is 18.3 Å². The van der Waals surface area contributed by atoms with Crippen LogP contribution in [0, 0.1) is 0 Å². The average Bonchev–Trinajstić information content (AvgIpc) is 3.17. The highest BCUT2D eigenvalue weighted by atomic mass is 35.5. The number of ether oxygens (including phenoxy) is 2. The van der Waals surface area contributed by atoms with Crippen molar-refractivity contribution in [1.29, 1.82) is 0 Å². The number of halogens is 1. The maximum atomic E-state index is 5.84. The molecule has 0 saturated heterocycles. The Balaban J connectivity index is 1.64. The van der Waals surface area contributed by atoms with Gasteiger partial charge in [-0.05, 0) is 24.9 Å². The van der Waals surface area contributed by atoms with E-state index < -0.39 is 0 Å². The summed E-state index contributed by atoms with van der Waals surface area (Å²) in [5.74, 6) is 2.10. The maximum Gasteiger partial charge on any atom is 0.232 e. The lowest BCUT2D eigenvalue weighted by atomic mass is 10.2. The van der Waals surface area contributed by atoms with E-state index in [1.54, 1.807) is 32.7 Å². The fraction of sp³-hybridized carbons (Fsp3) is 0.312. The molecule has 0 aliphatic rings. The molecule has 0 aliphatic carbocycles. The van der Waals surface area contributed by atoms with Gasteiger partial charge < -0.3 is 14.5 Å². The predicted octanol–water partition coefficient (Wildman–Crippen LogP) is 3.16. The Morgan fingerprint density at radius 1 is 1.19 bits per heavy atom. The van der Waals surface area contributed by atoms with Crippen molar-refractivity contribution in [2.75, 3.05) is 18.9 Å². The van der Waals surface area contributed by atoms with Gasteiger partial charge >= 0.3 is 0 Å². The largest absolute Gasteiger partial charge is 0.481 e.